The molecular formula is C44H26N4S2. The number of hydrogen-bond donors (Lipinski definition) is 0. The van der Waals surface area contributed by atoms with Gasteiger partial charge in [-0.1, -0.05) is 84.9 Å². The summed E-state index contributed by atoms with van der Waals surface area (Å²) in [4.78, 5) is 20.3. The molecule has 0 fully saturated rings. The van der Waals surface area contributed by atoms with Crippen molar-refractivity contribution in [3.05, 3.63) is 179 Å². The second-order valence-corrected chi connectivity index (χ2v) is 14.7. The summed E-state index contributed by atoms with van der Waals surface area (Å²) >= 11 is 3.70. The third kappa shape index (κ3) is 3.83. The van der Waals surface area contributed by atoms with Crippen LogP contribution in [0.4, 0.5) is 17.2 Å². The van der Waals surface area contributed by atoms with Gasteiger partial charge in [-0.05, 0) is 103 Å². The van der Waals surface area contributed by atoms with Crippen LogP contribution < -0.4 is 4.90 Å². The maximum atomic E-state index is 5.35. The van der Waals surface area contributed by atoms with Gasteiger partial charge in [0, 0.05) is 27.6 Å². The van der Waals surface area contributed by atoms with Crippen molar-refractivity contribution < 1.29 is 0 Å². The van der Waals surface area contributed by atoms with Gasteiger partial charge in [-0.25, -0.2) is 9.97 Å². The Balaban J connectivity index is 1.30. The Morgan fingerprint density at radius 1 is 0.480 bits per heavy atom. The number of benzene rings is 5. The highest BCUT2D eigenvalue weighted by molar-refractivity contribution is 7.21. The number of aromatic nitrogens is 3. The van der Waals surface area contributed by atoms with E-state index in [0.717, 1.165) is 34.1 Å². The van der Waals surface area contributed by atoms with E-state index in [4.69, 9.17) is 15.0 Å². The zero-order valence-electron chi connectivity index (χ0n) is 26.6. The number of rotatable bonds is 3. The van der Waals surface area contributed by atoms with Crippen molar-refractivity contribution in [1.82, 2.24) is 15.0 Å². The highest BCUT2D eigenvalue weighted by Crippen LogP contribution is 2.66. The van der Waals surface area contributed by atoms with E-state index < -0.39 is 5.41 Å². The Hall–Kier alpha value is -5.95. The summed E-state index contributed by atoms with van der Waals surface area (Å²) in [5.74, 6) is 1.39. The van der Waals surface area contributed by atoms with Gasteiger partial charge >= 0.3 is 0 Å². The van der Waals surface area contributed by atoms with Gasteiger partial charge in [0.25, 0.3) is 0 Å². The summed E-state index contributed by atoms with van der Waals surface area (Å²) in [6.07, 6.45) is 1.80. The molecule has 50 heavy (non-hydrogen) atoms. The van der Waals surface area contributed by atoms with E-state index in [-0.39, 0.29) is 0 Å². The molecular weight excluding hydrogens is 649 g/mol. The van der Waals surface area contributed by atoms with Crippen molar-refractivity contribution in [2.45, 2.75) is 5.41 Å². The number of hydrogen-bond acceptors (Lipinski definition) is 6. The topological polar surface area (TPSA) is 41.9 Å². The summed E-state index contributed by atoms with van der Waals surface area (Å²) in [5.41, 5.74) is 9.60. The minimum absolute atomic E-state index is 0.487. The molecule has 4 aromatic heterocycles. The normalized spacial score (nSPS) is 13.7. The molecule has 0 N–H and O–H groups in total. The van der Waals surface area contributed by atoms with Crippen molar-refractivity contribution in [3.63, 3.8) is 0 Å². The first-order valence-corrected chi connectivity index (χ1v) is 18.4. The molecule has 5 heterocycles. The van der Waals surface area contributed by atoms with Crippen LogP contribution in [0.2, 0.25) is 0 Å². The van der Waals surface area contributed by atoms with Gasteiger partial charge in [0.1, 0.15) is 11.5 Å². The molecule has 0 atom stereocenters. The van der Waals surface area contributed by atoms with Gasteiger partial charge in [0.2, 0.25) is 0 Å². The second-order valence-electron chi connectivity index (χ2n) is 12.9. The van der Waals surface area contributed by atoms with E-state index in [2.05, 4.69) is 131 Å². The number of fused-ring (bicyclic) bond motifs is 11. The molecule has 4 nitrogen and oxygen atoms in total. The Labute approximate surface area is 296 Å². The molecule has 1 aliphatic heterocycles. The molecule has 0 saturated heterocycles. The Morgan fingerprint density at radius 2 is 1.04 bits per heavy atom. The summed E-state index contributed by atoms with van der Waals surface area (Å²) in [7, 11) is 0. The van der Waals surface area contributed by atoms with Gasteiger partial charge in [0.05, 0.1) is 22.5 Å². The molecule has 0 saturated carbocycles. The Kier molecular flexibility index (Phi) is 5.88. The zero-order chi connectivity index (χ0) is 32.8. The van der Waals surface area contributed by atoms with Crippen LogP contribution in [0.15, 0.2) is 156 Å². The minimum Gasteiger partial charge on any atom is -0.294 e. The molecule has 0 unspecified atom stereocenters. The predicted molar refractivity (Wildman–Crippen MR) is 207 cm³/mol. The van der Waals surface area contributed by atoms with Crippen molar-refractivity contribution in [2.24, 2.45) is 0 Å². The number of thiophene rings is 2. The Bertz CT molecular complexity index is 2600. The minimum atomic E-state index is -0.487. The summed E-state index contributed by atoms with van der Waals surface area (Å²) in [5, 5.41) is 9.34. The predicted octanol–water partition coefficient (Wildman–Crippen LogP) is 11.8. The van der Waals surface area contributed by atoms with E-state index in [1.165, 1.54) is 53.6 Å². The lowest BCUT2D eigenvalue weighted by atomic mass is 9.64. The van der Waals surface area contributed by atoms with Crippen LogP contribution in [-0.2, 0) is 5.41 Å². The highest BCUT2D eigenvalue weighted by atomic mass is 32.1. The third-order valence-electron chi connectivity index (χ3n) is 10.3. The molecule has 234 valence electrons. The molecule has 11 rings (SSSR count). The summed E-state index contributed by atoms with van der Waals surface area (Å²) < 4.78 is 0. The van der Waals surface area contributed by atoms with E-state index in [1.54, 1.807) is 6.20 Å². The summed E-state index contributed by atoms with van der Waals surface area (Å²) in [6, 6.07) is 50.2. The maximum Gasteiger partial charge on any atom is 0.180 e. The van der Waals surface area contributed by atoms with Crippen LogP contribution in [-0.4, -0.2) is 15.0 Å². The smallest absolute Gasteiger partial charge is 0.180 e. The second kappa shape index (κ2) is 10.5. The fourth-order valence-electron chi connectivity index (χ4n) is 8.15. The van der Waals surface area contributed by atoms with Gasteiger partial charge in [-0.3, -0.25) is 9.88 Å². The van der Waals surface area contributed by atoms with E-state index >= 15 is 0 Å². The average Bonchev–Trinajstić information content (AvgIpc) is 3.91. The molecule has 9 aromatic rings. The fourth-order valence-corrected chi connectivity index (χ4v) is 10.2. The molecule has 0 bridgehead atoms. The van der Waals surface area contributed by atoms with Crippen molar-refractivity contribution in [2.75, 3.05) is 4.90 Å². The van der Waals surface area contributed by atoms with Crippen LogP contribution in [0.1, 0.15) is 22.3 Å². The molecule has 1 spiro atoms. The quantitative estimate of drug-likeness (QED) is 0.187. The van der Waals surface area contributed by atoms with E-state index in [9.17, 15) is 0 Å². The largest absolute Gasteiger partial charge is 0.294 e. The fraction of sp³-hybridized carbons (Fsp3) is 0.0227. The first kappa shape index (κ1) is 27.9. The van der Waals surface area contributed by atoms with Crippen molar-refractivity contribution >= 4 is 61.4 Å². The molecule has 5 aromatic carbocycles. The zero-order valence-corrected chi connectivity index (χ0v) is 28.2. The van der Waals surface area contributed by atoms with Crippen LogP contribution in [0.5, 0.6) is 0 Å². The van der Waals surface area contributed by atoms with Crippen LogP contribution >= 0.6 is 22.7 Å². The first-order chi connectivity index (χ1) is 24.8. The van der Waals surface area contributed by atoms with Crippen LogP contribution in [0.25, 0.3) is 54.1 Å². The standard InChI is InChI=1S/C44H26N4S2/c1-2-10-27(11-3-1)37-26-40(47-43(46-37)36-16-8-9-19-45-36)48-38-24-30-14-6-4-12-28(30)22-34(38)44(32-17-20-49-41(32)42-33(44)18-21-50-42)35-23-29-13-5-7-15-31(29)25-39(35)48/h1-26H. The molecule has 0 amide bonds. The number of nitrogens with zero attached hydrogens (tertiary/aromatic N) is 4. The van der Waals surface area contributed by atoms with Gasteiger partial charge < -0.3 is 0 Å². The number of anilines is 3. The number of pyridine rings is 1. The molecule has 0 radical (unpaired) electrons. The van der Waals surface area contributed by atoms with Gasteiger partial charge in [0.15, 0.2) is 5.82 Å². The summed E-state index contributed by atoms with van der Waals surface area (Å²) in [6.45, 7) is 0. The van der Waals surface area contributed by atoms with Gasteiger partial charge in [-0.2, -0.15) is 0 Å². The average molecular weight is 675 g/mol. The maximum absolute atomic E-state index is 5.35. The van der Waals surface area contributed by atoms with Crippen LogP contribution in [0.3, 0.4) is 0 Å². The van der Waals surface area contributed by atoms with Crippen LogP contribution in [0, 0.1) is 0 Å². The van der Waals surface area contributed by atoms with Crippen molar-refractivity contribution in [1.29, 1.82) is 0 Å². The van der Waals surface area contributed by atoms with E-state index in [1.807, 2.05) is 46.9 Å². The van der Waals surface area contributed by atoms with E-state index in [0.29, 0.717) is 5.82 Å². The monoisotopic (exact) mass is 674 g/mol. The highest BCUT2D eigenvalue weighted by Gasteiger charge is 2.53. The molecule has 1 aliphatic carbocycles. The SMILES string of the molecule is c1ccc(-c2cc(N3c4cc5ccccc5cc4C4(c5cc6ccccc6cc53)c3ccsc3-c3sccc34)nc(-c3ccccn3)n2)cc1. The Morgan fingerprint density at radius 3 is 1.62 bits per heavy atom. The lowest BCUT2D eigenvalue weighted by Gasteiger charge is -2.44. The molecule has 2 aliphatic rings. The van der Waals surface area contributed by atoms with Crippen molar-refractivity contribution in [3.8, 4) is 32.5 Å². The third-order valence-corrected chi connectivity index (χ3v) is 12.3. The lowest BCUT2D eigenvalue weighted by molar-refractivity contribution is 0.758. The molecule has 6 heteroatoms. The lowest BCUT2D eigenvalue weighted by Crippen LogP contribution is -2.36. The first-order valence-electron chi connectivity index (χ1n) is 16.7. The van der Waals surface area contributed by atoms with Gasteiger partial charge in [-0.15, -0.1) is 22.7 Å².